The van der Waals surface area contributed by atoms with Crippen molar-refractivity contribution in [3.05, 3.63) is 41.4 Å². The Balaban J connectivity index is 1.42. The molecule has 1 aromatic rings. The quantitative estimate of drug-likeness (QED) is 0.577. The van der Waals surface area contributed by atoms with Crippen LogP contribution in [0.2, 0.25) is 5.02 Å². The van der Waals surface area contributed by atoms with Gasteiger partial charge in [0.05, 0.1) is 17.9 Å². The maximum Gasteiger partial charge on any atom is 0.246 e. The van der Waals surface area contributed by atoms with Crippen LogP contribution < -0.4 is 10.6 Å². The van der Waals surface area contributed by atoms with Gasteiger partial charge in [-0.05, 0) is 43.5 Å². The molecule has 0 radical (unpaired) electrons. The number of carbonyl (C=O) groups excluding carboxylic acids is 3. The number of likely N-dealkylation sites (tertiary alicyclic amines) is 1. The molecule has 1 saturated carbocycles. The normalized spacial score (nSPS) is 32.2. The Morgan fingerprint density at radius 2 is 1.88 bits per heavy atom. The Morgan fingerprint density at radius 1 is 1.15 bits per heavy atom. The van der Waals surface area contributed by atoms with Crippen molar-refractivity contribution >= 4 is 35.0 Å². The van der Waals surface area contributed by atoms with Crippen LogP contribution in [0.25, 0.3) is 0 Å². The molecule has 0 unspecified atom stereocenters. The predicted octanol–water partition coefficient (Wildman–Crippen LogP) is 3.68. The Bertz CT molecular complexity index is 990. The lowest BCUT2D eigenvalue weighted by atomic mass is 9.74. The molecular formula is C26H32ClN3O4. The van der Waals surface area contributed by atoms with E-state index in [-0.39, 0.29) is 23.8 Å². The predicted molar refractivity (Wildman–Crippen MR) is 129 cm³/mol. The molecule has 5 rings (SSSR count). The number of nitrogens with one attached hydrogen (secondary N) is 2. The van der Waals surface area contributed by atoms with Gasteiger partial charge in [0, 0.05) is 23.3 Å². The molecule has 8 heteroatoms. The van der Waals surface area contributed by atoms with E-state index in [1.807, 2.05) is 12.2 Å². The fourth-order valence-electron chi connectivity index (χ4n) is 6.12. The number of ether oxygens (including phenoxy) is 1. The van der Waals surface area contributed by atoms with Gasteiger partial charge in [0.1, 0.15) is 11.6 Å². The van der Waals surface area contributed by atoms with Crippen LogP contribution >= 0.6 is 11.6 Å². The number of carbonyl (C=O) groups is 3. The van der Waals surface area contributed by atoms with Gasteiger partial charge in [0.25, 0.3) is 0 Å². The Morgan fingerprint density at radius 3 is 2.59 bits per heavy atom. The van der Waals surface area contributed by atoms with Crippen molar-refractivity contribution in [1.82, 2.24) is 10.2 Å². The van der Waals surface area contributed by atoms with Gasteiger partial charge in [-0.3, -0.25) is 14.4 Å². The van der Waals surface area contributed by atoms with Crippen molar-refractivity contribution in [3.63, 3.8) is 0 Å². The van der Waals surface area contributed by atoms with Gasteiger partial charge in [0.15, 0.2) is 0 Å². The largest absolute Gasteiger partial charge is 0.359 e. The molecule has 2 bridgehead atoms. The second kappa shape index (κ2) is 9.34. The van der Waals surface area contributed by atoms with E-state index in [0.717, 1.165) is 38.5 Å². The van der Waals surface area contributed by atoms with Crippen molar-refractivity contribution in [2.75, 3.05) is 11.9 Å². The van der Waals surface area contributed by atoms with E-state index in [0.29, 0.717) is 17.3 Å². The molecule has 3 heterocycles. The zero-order valence-electron chi connectivity index (χ0n) is 19.5. The fourth-order valence-corrected chi connectivity index (χ4v) is 6.25. The summed E-state index contributed by atoms with van der Waals surface area (Å²) in [6.07, 6.45) is 10.2. The molecule has 1 aromatic carbocycles. The van der Waals surface area contributed by atoms with Crippen LogP contribution in [0.4, 0.5) is 5.69 Å². The molecule has 3 aliphatic heterocycles. The first-order chi connectivity index (χ1) is 16.4. The number of hydrogen-bond donors (Lipinski definition) is 2. The molecular weight excluding hydrogens is 454 g/mol. The van der Waals surface area contributed by atoms with Crippen molar-refractivity contribution in [3.8, 4) is 0 Å². The van der Waals surface area contributed by atoms with Crippen molar-refractivity contribution in [2.24, 2.45) is 11.8 Å². The van der Waals surface area contributed by atoms with Crippen LogP contribution in [0.5, 0.6) is 0 Å². The summed E-state index contributed by atoms with van der Waals surface area (Å²) in [6, 6.07) is 6.23. The second-order valence-corrected chi connectivity index (χ2v) is 10.4. The number of rotatable bonds is 7. The molecule has 1 spiro atoms. The minimum Gasteiger partial charge on any atom is -0.359 e. The van der Waals surface area contributed by atoms with Gasteiger partial charge in [0.2, 0.25) is 17.7 Å². The van der Waals surface area contributed by atoms with Crippen LogP contribution in [0, 0.1) is 11.8 Å². The molecule has 3 fully saturated rings. The number of anilines is 1. The second-order valence-electron chi connectivity index (χ2n) is 9.93. The topological polar surface area (TPSA) is 87.7 Å². The van der Waals surface area contributed by atoms with Crippen molar-refractivity contribution < 1.29 is 19.1 Å². The Hall–Kier alpha value is -2.38. The minimum absolute atomic E-state index is 0.131. The Kier molecular flexibility index (Phi) is 6.42. The van der Waals surface area contributed by atoms with E-state index in [4.69, 9.17) is 16.3 Å². The number of nitrogens with zero attached hydrogens (tertiary/aromatic N) is 1. The maximum absolute atomic E-state index is 13.7. The number of amides is 3. The standard InChI is InChI=1S/C26H32ClN3O4/c1-2-3-15-30-22(24(32)29-17-7-5-4-6-8-17)26-14-13-19(34-26)20(21(26)25(30)33)23(31)28-18-11-9-16(27)10-12-18/h9-14,17,19-22H,2-8,15H2,1H3,(H,28,31)(H,29,32)/t19-,20+,21-,22+,26+/m1/s1. The third-order valence-corrected chi connectivity index (χ3v) is 7.99. The lowest BCUT2D eigenvalue weighted by molar-refractivity contribution is -0.141. The van der Waals surface area contributed by atoms with Crippen LogP contribution in [0.15, 0.2) is 36.4 Å². The van der Waals surface area contributed by atoms with Crippen LogP contribution in [-0.4, -0.2) is 53.0 Å². The molecule has 34 heavy (non-hydrogen) atoms. The first-order valence-electron chi connectivity index (χ1n) is 12.5. The van der Waals surface area contributed by atoms with Gasteiger partial charge in [-0.15, -0.1) is 0 Å². The minimum atomic E-state index is -1.10. The average molecular weight is 486 g/mol. The number of fused-ring (bicyclic) bond motifs is 1. The van der Waals surface area contributed by atoms with Gasteiger partial charge in [-0.25, -0.2) is 0 Å². The molecule has 3 amide bonds. The molecule has 182 valence electrons. The third-order valence-electron chi connectivity index (χ3n) is 7.74. The molecule has 0 aromatic heterocycles. The number of unbranched alkanes of at least 4 members (excludes halogenated alkanes) is 1. The number of halogens is 1. The third kappa shape index (κ3) is 3.93. The summed E-state index contributed by atoms with van der Waals surface area (Å²) in [7, 11) is 0. The van der Waals surface area contributed by atoms with Gasteiger partial charge in [-0.1, -0.05) is 56.4 Å². The van der Waals surface area contributed by atoms with Crippen LogP contribution in [0.1, 0.15) is 51.9 Å². The van der Waals surface area contributed by atoms with E-state index in [2.05, 4.69) is 17.6 Å². The van der Waals surface area contributed by atoms with Crippen molar-refractivity contribution in [2.45, 2.75) is 75.7 Å². The van der Waals surface area contributed by atoms with E-state index in [1.54, 1.807) is 29.2 Å². The highest BCUT2D eigenvalue weighted by atomic mass is 35.5. The average Bonchev–Trinajstić information content (AvgIpc) is 3.47. The smallest absolute Gasteiger partial charge is 0.246 e. The highest BCUT2D eigenvalue weighted by Gasteiger charge is 2.72. The summed E-state index contributed by atoms with van der Waals surface area (Å²) < 4.78 is 6.36. The lowest BCUT2D eigenvalue weighted by Gasteiger charge is -2.34. The molecule has 2 N–H and O–H groups in total. The summed E-state index contributed by atoms with van der Waals surface area (Å²) in [6.45, 7) is 2.53. The molecule has 5 atom stereocenters. The van der Waals surface area contributed by atoms with Gasteiger partial charge in [-0.2, -0.15) is 0 Å². The molecule has 1 aliphatic carbocycles. The SMILES string of the molecule is CCCCN1C(=O)[C@H]2[C@@H](C(=O)Nc3ccc(Cl)cc3)[C@H]3C=C[C@@]2(O3)[C@@H]1C(=O)NC1CCCCC1. The van der Waals surface area contributed by atoms with E-state index < -0.39 is 29.6 Å². The molecule has 7 nitrogen and oxygen atoms in total. The zero-order chi connectivity index (χ0) is 23.9. The van der Waals surface area contributed by atoms with Crippen LogP contribution in [0.3, 0.4) is 0 Å². The molecule has 4 aliphatic rings. The summed E-state index contributed by atoms with van der Waals surface area (Å²) in [5.41, 5.74) is -0.494. The van der Waals surface area contributed by atoms with Gasteiger partial charge >= 0.3 is 0 Å². The molecule has 2 saturated heterocycles. The lowest BCUT2D eigenvalue weighted by Crippen LogP contribution is -2.56. The number of hydrogen-bond acceptors (Lipinski definition) is 4. The maximum atomic E-state index is 13.7. The van der Waals surface area contributed by atoms with E-state index >= 15 is 0 Å². The first kappa shape index (κ1) is 23.4. The van der Waals surface area contributed by atoms with E-state index in [1.165, 1.54) is 6.42 Å². The van der Waals surface area contributed by atoms with Crippen molar-refractivity contribution in [1.29, 1.82) is 0 Å². The summed E-state index contributed by atoms with van der Waals surface area (Å²) >= 11 is 5.96. The zero-order valence-corrected chi connectivity index (χ0v) is 20.2. The van der Waals surface area contributed by atoms with Crippen LogP contribution in [-0.2, 0) is 19.1 Å². The summed E-state index contributed by atoms with van der Waals surface area (Å²) in [5.74, 6) is -2.01. The van der Waals surface area contributed by atoms with Gasteiger partial charge < -0.3 is 20.3 Å². The summed E-state index contributed by atoms with van der Waals surface area (Å²) in [4.78, 5) is 42.4. The first-order valence-corrected chi connectivity index (χ1v) is 12.9. The fraction of sp³-hybridized carbons (Fsp3) is 0.577. The highest BCUT2D eigenvalue weighted by Crippen LogP contribution is 2.55. The summed E-state index contributed by atoms with van der Waals surface area (Å²) in [5, 5.41) is 6.69. The Labute approximate surface area is 205 Å². The highest BCUT2D eigenvalue weighted by molar-refractivity contribution is 6.30. The number of benzene rings is 1. The monoisotopic (exact) mass is 485 g/mol. The van der Waals surface area contributed by atoms with E-state index in [9.17, 15) is 14.4 Å².